The Hall–Kier alpha value is -2.53. The van der Waals surface area contributed by atoms with Gasteiger partial charge in [0.2, 0.25) is 0 Å². The van der Waals surface area contributed by atoms with Crippen LogP contribution < -0.4 is 15.4 Å². The molecule has 0 unspecified atom stereocenters. The van der Waals surface area contributed by atoms with Crippen LogP contribution in [0.2, 0.25) is 0 Å². The molecule has 5 nitrogen and oxygen atoms in total. The fourth-order valence-electron chi connectivity index (χ4n) is 3.36. The monoisotopic (exact) mass is 353 g/mol. The van der Waals surface area contributed by atoms with Crippen LogP contribution in [0, 0.1) is 0 Å². The van der Waals surface area contributed by atoms with Crippen molar-refractivity contribution in [3.8, 4) is 5.75 Å². The topological polar surface area (TPSA) is 53.6 Å². The van der Waals surface area contributed by atoms with Gasteiger partial charge in [0.25, 0.3) is 0 Å². The van der Waals surface area contributed by atoms with Gasteiger partial charge in [0.05, 0.1) is 7.11 Å². The van der Waals surface area contributed by atoms with Gasteiger partial charge in [-0.3, -0.25) is 4.90 Å². The van der Waals surface area contributed by atoms with Crippen LogP contribution in [0.1, 0.15) is 24.0 Å². The number of nitrogens with one attached hydrogen (secondary N) is 2. The molecule has 2 aromatic rings. The largest absolute Gasteiger partial charge is 0.497 e. The van der Waals surface area contributed by atoms with Gasteiger partial charge in [-0.05, 0) is 42.6 Å². The molecule has 0 spiro atoms. The van der Waals surface area contributed by atoms with Crippen LogP contribution in [0.4, 0.5) is 4.79 Å². The van der Waals surface area contributed by atoms with E-state index < -0.39 is 0 Å². The maximum absolute atomic E-state index is 12.2. The summed E-state index contributed by atoms with van der Waals surface area (Å²) < 4.78 is 5.30. The maximum Gasteiger partial charge on any atom is 0.315 e. The maximum atomic E-state index is 12.2. The van der Waals surface area contributed by atoms with Crippen molar-refractivity contribution in [1.82, 2.24) is 15.5 Å². The van der Waals surface area contributed by atoms with E-state index in [0.717, 1.165) is 43.8 Å². The van der Waals surface area contributed by atoms with Gasteiger partial charge in [-0.25, -0.2) is 4.79 Å². The highest BCUT2D eigenvalue weighted by atomic mass is 16.5. The first-order valence-corrected chi connectivity index (χ1v) is 9.16. The number of amides is 2. The first-order chi connectivity index (χ1) is 12.7. The number of urea groups is 1. The summed E-state index contributed by atoms with van der Waals surface area (Å²) in [6, 6.07) is 18.2. The Morgan fingerprint density at radius 3 is 2.77 bits per heavy atom. The van der Waals surface area contributed by atoms with E-state index >= 15 is 0 Å². The molecule has 1 aliphatic rings. The number of piperidine rings is 1. The van der Waals surface area contributed by atoms with Crippen LogP contribution in [-0.2, 0) is 13.1 Å². The number of carbonyl (C=O) groups is 1. The molecule has 0 aromatic heterocycles. The van der Waals surface area contributed by atoms with Crippen molar-refractivity contribution in [2.45, 2.75) is 32.0 Å². The number of nitrogens with zero attached hydrogens (tertiary/aromatic N) is 1. The fraction of sp³-hybridized carbons (Fsp3) is 0.381. The molecule has 1 saturated heterocycles. The molecule has 1 heterocycles. The van der Waals surface area contributed by atoms with E-state index in [9.17, 15) is 4.79 Å². The zero-order valence-corrected chi connectivity index (χ0v) is 15.3. The second kappa shape index (κ2) is 9.25. The van der Waals surface area contributed by atoms with Crippen molar-refractivity contribution >= 4 is 6.03 Å². The smallest absolute Gasteiger partial charge is 0.315 e. The van der Waals surface area contributed by atoms with Crippen molar-refractivity contribution < 1.29 is 9.53 Å². The molecule has 0 bridgehead atoms. The minimum Gasteiger partial charge on any atom is -0.497 e. The Morgan fingerprint density at radius 2 is 1.96 bits per heavy atom. The summed E-state index contributed by atoms with van der Waals surface area (Å²) in [4.78, 5) is 14.6. The predicted octanol–water partition coefficient (Wildman–Crippen LogP) is 3.16. The molecular weight excluding hydrogens is 326 g/mol. The molecule has 0 aliphatic carbocycles. The van der Waals surface area contributed by atoms with Gasteiger partial charge in [0.1, 0.15) is 5.75 Å². The lowest BCUT2D eigenvalue weighted by atomic mass is 10.0. The van der Waals surface area contributed by atoms with E-state index in [2.05, 4.69) is 27.7 Å². The standard InChI is InChI=1S/C21H27N3O2/c1-26-20-11-5-9-18(13-20)15-24-12-6-10-19(16-24)23-21(25)22-14-17-7-3-2-4-8-17/h2-5,7-9,11,13,19H,6,10,12,14-16H2,1H3,(H2,22,23,25)/t19-/m1/s1. The summed E-state index contributed by atoms with van der Waals surface area (Å²) in [7, 11) is 1.69. The number of methoxy groups -OCH3 is 1. The van der Waals surface area contributed by atoms with Gasteiger partial charge in [-0.2, -0.15) is 0 Å². The van der Waals surface area contributed by atoms with Crippen molar-refractivity contribution in [3.05, 3.63) is 65.7 Å². The second-order valence-corrected chi connectivity index (χ2v) is 6.74. The lowest BCUT2D eigenvalue weighted by molar-refractivity contribution is 0.180. The van der Waals surface area contributed by atoms with Crippen molar-refractivity contribution in [3.63, 3.8) is 0 Å². The van der Waals surface area contributed by atoms with E-state index in [-0.39, 0.29) is 12.1 Å². The minimum absolute atomic E-state index is 0.0953. The van der Waals surface area contributed by atoms with Gasteiger partial charge >= 0.3 is 6.03 Å². The van der Waals surface area contributed by atoms with Gasteiger partial charge < -0.3 is 15.4 Å². The Bertz CT molecular complexity index is 705. The first-order valence-electron chi connectivity index (χ1n) is 9.16. The normalized spacial score (nSPS) is 17.5. The quantitative estimate of drug-likeness (QED) is 0.839. The zero-order chi connectivity index (χ0) is 18.2. The molecule has 1 aliphatic heterocycles. The number of carbonyl (C=O) groups excluding carboxylic acids is 1. The summed E-state index contributed by atoms with van der Waals surface area (Å²) in [5.41, 5.74) is 2.34. The molecule has 138 valence electrons. The number of hydrogen-bond donors (Lipinski definition) is 2. The molecule has 3 rings (SSSR count). The lowest BCUT2D eigenvalue weighted by Crippen LogP contribution is -2.50. The van der Waals surface area contributed by atoms with Crippen LogP contribution >= 0.6 is 0 Å². The number of hydrogen-bond acceptors (Lipinski definition) is 3. The Kier molecular flexibility index (Phi) is 6.50. The molecule has 0 saturated carbocycles. The average Bonchev–Trinajstić information content (AvgIpc) is 2.68. The Labute approximate surface area is 155 Å². The van der Waals surface area contributed by atoms with E-state index in [1.165, 1.54) is 5.56 Å². The van der Waals surface area contributed by atoms with E-state index in [1.54, 1.807) is 7.11 Å². The highest BCUT2D eigenvalue weighted by molar-refractivity contribution is 5.74. The summed E-state index contributed by atoms with van der Waals surface area (Å²) in [5, 5.41) is 6.05. The third-order valence-electron chi connectivity index (χ3n) is 4.68. The molecule has 0 radical (unpaired) electrons. The summed E-state index contributed by atoms with van der Waals surface area (Å²) >= 11 is 0. The molecular formula is C21H27N3O2. The third kappa shape index (κ3) is 5.49. The van der Waals surface area contributed by atoms with Gasteiger partial charge in [-0.1, -0.05) is 42.5 Å². The highest BCUT2D eigenvalue weighted by Crippen LogP contribution is 2.17. The zero-order valence-electron chi connectivity index (χ0n) is 15.3. The molecule has 2 aromatic carbocycles. The van der Waals surface area contributed by atoms with Crippen LogP contribution in [0.3, 0.4) is 0 Å². The van der Waals surface area contributed by atoms with Crippen LogP contribution in [0.5, 0.6) is 5.75 Å². The summed E-state index contributed by atoms with van der Waals surface area (Å²) in [6.45, 7) is 3.35. The fourth-order valence-corrected chi connectivity index (χ4v) is 3.36. The van der Waals surface area contributed by atoms with Crippen LogP contribution in [0.25, 0.3) is 0 Å². The van der Waals surface area contributed by atoms with Gasteiger partial charge in [-0.15, -0.1) is 0 Å². The SMILES string of the molecule is COc1cccc(CN2CCC[C@@H](NC(=O)NCc3ccccc3)C2)c1. The predicted molar refractivity (Wildman–Crippen MR) is 103 cm³/mol. The summed E-state index contributed by atoms with van der Waals surface area (Å²) in [6.07, 6.45) is 2.11. The molecule has 2 amide bonds. The average molecular weight is 353 g/mol. The van der Waals surface area contributed by atoms with Crippen LogP contribution in [-0.4, -0.2) is 37.2 Å². The molecule has 5 heteroatoms. The first kappa shape index (κ1) is 18.3. The van der Waals surface area contributed by atoms with E-state index in [4.69, 9.17) is 4.74 Å². The van der Waals surface area contributed by atoms with Crippen molar-refractivity contribution in [2.24, 2.45) is 0 Å². The van der Waals surface area contributed by atoms with Gasteiger partial charge in [0, 0.05) is 25.7 Å². The number of benzene rings is 2. The molecule has 26 heavy (non-hydrogen) atoms. The number of likely N-dealkylation sites (tertiary alicyclic amines) is 1. The minimum atomic E-state index is -0.0953. The summed E-state index contributed by atoms with van der Waals surface area (Å²) in [5.74, 6) is 0.884. The Balaban J connectivity index is 1.46. The Morgan fingerprint density at radius 1 is 1.15 bits per heavy atom. The molecule has 1 fully saturated rings. The number of ether oxygens (including phenoxy) is 1. The second-order valence-electron chi connectivity index (χ2n) is 6.74. The van der Waals surface area contributed by atoms with Crippen molar-refractivity contribution in [2.75, 3.05) is 20.2 Å². The van der Waals surface area contributed by atoms with Gasteiger partial charge in [0.15, 0.2) is 0 Å². The lowest BCUT2D eigenvalue weighted by Gasteiger charge is -2.33. The van der Waals surface area contributed by atoms with Crippen LogP contribution in [0.15, 0.2) is 54.6 Å². The van der Waals surface area contributed by atoms with Crippen molar-refractivity contribution in [1.29, 1.82) is 0 Å². The number of rotatable bonds is 6. The third-order valence-corrected chi connectivity index (χ3v) is 4.68. The molecule has 2 N–H and O–H groups in total. The van der Waals surface area contributed by atoms with E-state index in [1.807, 2.05) is 42.5 Å². The highest BCUT2D eigenvalue weighted by Gasteiger charge is 2.21. The molecule has 1 atom stereocenters. The van der Waals surface area contributed by atoms with E-state index in [0.29, 0.717) is 6.54 Å².